The highest BCUT2D eigenvalue weighted by molar-refractivity contribution is 5.92. The van der Waals surface area contributed by atoms with Crippen LogP contribution in [0.4, 0.5) is 8.78 Å². The maximum Gasteiger partial charge on any atom is 0.387 e. The Morgan fingerprint density at radius 1 is 1.33 bits per heavy atom. The predicted octanol–water partition coefficient (Wildman–Crippen LogP) is 2.11. The molecule has 0 aromatic heterocycles. The van der Waals surface area contributed by atoms with Crippen molar-refractivity contribution < 1.29 is 27.8 Å². The van der Waals surface area contributed by atoms with E-state index in [4.69, 9.17) is 4.74 Å². The average Bonchev–Trinajstić information content (AvgIpc) is 3.22. The minimum Gasteiger partial charge on any atom is -0.449 e. The average molecular weight is 299 g/mol. The van der Waals surface area contributed by atoms with E-state index in [1.54, 1.807) is 0 Å². The summed E-state index contributed by atoms with van der Waals surface area (Å²) in [5.41, 5.74) is 0.0409. The van der Waals surface area contributed by atoms with Crippen LogP contribution in [-0.4, -0.2) is 30.6 Å². The molecule has 0 bridgehead atoms. The standard InChI is InChI=1S/C14H15F2NO4/c1-8(12(18)17-10-5-6-10)20-13(19)9-3-2-4-11(7-9)21-14(15)16/h2-4,7-8,10,14H,5-6H2,1H3,(H,17,18)/t8-/m1/s1. The van der Waals surface area contributed by atoms with E-state index >= 15 is 0 Å². The molecule has 21 heavy (non-hydrogen) atoms. The van der Waals surface area contributed by atoms with Gasteiger partial charge in [-0.15, -0.1) is 0 Å². The van der Waals surface area contributed by atoms with Crippen LogP contribution in [0.3, 0.4) is 0 Å². The fourth-order valence-corrected chi connectivity index (χ4v) is 1.63. The number of halogens is 2. The van der Waals surface area contributed by atoms with Gasteiger partial charge in [0.25, 0.3) is 5.91 Å². The van der Waals surface area contributed by atoms with Crippen LogP contribution >= 0.6 is 0 Å². The number of hydrogen-bond acceptors (Lipinski definition) is 4. The second-order valence-corrected chi connectivity index (χ2v) is 4.74. The Bertz CT molecular complexity index is 531. The highest BCUT2D eigenvalue weighted by atomic mass is 19.3. The molecular formula is C14H15F2NO4. The lowest BCUT2D eigenvalue weighted by Crippen LogP contribution is -2.37. The highest BCUT2D eigenvalue weighted by Gasteiger charge is 2.27. The molecule has 1 aromatic rings. The zero-order valence-corrected chi connectivity index (χ0v) is 11.3. The summed E-state index contributed by atoms with van der Waals surface area (Å²) < 4.78 is 33.4. The van der Waals surface area contributed by atoms with E-state index in [0.717, 1.165) is 18.9 Å². The van der Waals surface area contributed by atoms with Crippen LogP contribution in [0.2, 0.25) is 0 Å². The van der Waals surface area contributed by atoms with Crippen molar-refractivity contribution in [2.45, 2.75) is 38.5 Å². The molecule has 2 rings (SSSR count). The van der Waals surface area contributed by atoms with E-state index in [1.165, 1.54) is 25.1 Å². The molecule has 1 aliphatic carbocycles. The number of benzene rings is 1. The number of rotatable bonds is 6. The fraction of sp³-hybridized carbons (Fsp3) is 0.429. The van der Waals surface area contributed by atoms with Crippen LogP contribution in [0, 0.1) is 0 Å². The van der Waals surface area contributed by atoms with Gasteiger partial charge >= 0.3 is 12.6 Å². The number of esters is 1. The van der Waals surface area contributed by atoms with Crippen molar-refractivity contribution in [3.63, 3.8) is 0 Å². The van der Waals surface area contributed by atoms with E-state index in [2.05, 4.69) is 10.1 Å². The largest absolute Gasteiger partial charge is 0.449 e. The van der Waals surface area contributed by atoms with Crippen LogP contribution < -0.4 is 10.1 Å². The number of carbonyl (C=O) groups excluding carboxylic acids is 2. The number of carbonyl (C=O) groups is 2. The van der Waals surface area contributed by atoms with Crippen molar-refractivity contribution in [2.24, 2.45) is 0 Å². The summed E-state index contributed by atoms with van der Waals surface area (Å²) in [6.45, 7) is -1.52. The summed E-state index contributed by atoms with van der Waals surface area (Å²) in [7, 11) is 0. The number of alkyl halides is 2. The van der Waals surface area contributed by atoms with Crippen molar-refractivity contribution in [3.8, 4) is 5.75 Å². The topological polar surface area (TPSA) is 64.6 Å². The summed E-state index contributed by atoms with van der Waals surface area (Å²) in [4.78, 5) is 23.5. The van der Waals surface area contributed by atoms with Gasteiger partial charge in [-0.25, -0.2) is 4.79 Å². The number of amides is 1. The molecule has 1 aromatic carbocycles. The first-order chi connectivity index (χ1) is 9.95. The predicted molar refractivity (Wildman–Crippen MR) is 69.1 cm³/mol. The first-order valence-corrected chi connectivity index (χ1v) is 6.52. The van der Waals surface area contributed by atoms with Gasteiger partial charge in [0.2, 0.25) is 0 Å². The van der Waals surface area contributed by atoms with E-state index in [-0.39, 0.29) is 23.3 Å². The van der Waals surface area contributed by atoms with E-state index in [1.807, 2.05) is 0 Å². The van der Waals surface area contributed by atoms with Crippen molar-refractivity contribution in [3.05, 3.63) is 29.8 Å². The normalized spacial score (nSPS) is 15.4. The van der Waals surface area contributed by atoms with Gasteiger partial charge in [-0.1, -0.05) is 6.07 Å². The second-order valence-electron chi connectivity index (χ2n) is 4.74. The van der Waals surface area contributed by atoms with Crippen molar-refractivity contribution >= 4 is 11.9 Å². The van der Waals surface area contributed by atoms with Gasteiger partial charge in [0.15, 0.2) is 6.10 Å². The monoisotopic (exact) mass is 299 g/mol. The molecule has 114 valence electrons. The fourth-order valence-electron chi connectivity index (χ4n) is 1.63. The Morgan fingerprint density at radius 3 is 2.67 bits per heavy atom. The van der Waals surface area contributed by atoms with Crippen LogP contribution in [-0.2, 0) is 9.53 Å². The third kappa shape index (κ3) is 4.70. The molecule has 1 amide bonds. The molecule has 0 spiro atoms. The molecule has 0 unspecified atom stereocenters. The summed E-state index contributed by atoms with van der Waals surface area (Å²) in [5.74, 6) is -1.28. The minimum absolute atomic E-state index is 0.0409. The molecule has 1 N–H and O–H groups in total. The Morgan fingerprint density at radius 2 is 2.05 bits per heavy atom. The molecule has 1 saturated carbocycles. The molecule has 5 nitrogen and oxygen atoms in total. The maximum absolute atomic E-state index is 12.1. The van der Waals surface area contributed by atoms with E-state index < -0.39 is 18.7 Å². The van der Waals surface area contributed by atoms with E-state index in [9.17, 15) is 18.4 Å². The number of ether oxygens (including phenoxy) is 2. The maximum atomic E-state index is 12.1. The lowest BCUT2D eigenvalue weighted by Gasteiger charge is -2.13. The summed E-state index contributed by atoms with van der Waals surface area (Å²) in [5, 5.41) is 2.71. The van der Waals surface area contributed by atoms with Gasteiger partial charge in [-0.05, 0) is 38.0 Å². The number of hydrogen-bond donors (Lipinski definition) is 1. The van der Waals surface area contributed by atoms with E-state index in [0.29, 0.717) is 0 Å². The SMILES string of the molecule is C[C@@H](OC(=O)c1cccc(OC(F)F)c1)C(=O)NC1CC1. The lowest BCUT2D eigenvalue weighted by atomic mass is 10.2. The summed E-state index contributed by atoms with van der Waals surface area (Å²) in [6, 6.07) is 5.39. The van der Waals surface area contributed by atoms with Gasteiger partial charge in [-0.3, -0.25) is 4.79 Å². The Labute approximate surface area is 120 Å². The zero-order valence-electron chi connectivity index (χ0n) is 11.3. The van der Waals surface area contributed by atoms with Crippen LogP contribution in [0.25, 0.3) is 0 Å². The third-order valence-electron chi connectivity index (χ3n) is 2.87. The minimum atomic E-state index is -2.97. The molecule has 0 heterocycles. The van der Waals surface area contributed by atoms with Crippen molar-refractivity contribution in [1.29, 1.82) is 0 Å². The van der Waals surface area contributed by atoms with Gasteiger partial charge in [0.05, 0.1) is 5.56 Å². The molecule has 1 aliphatic rings. The Balaban J connectivity index is 1.93. The van der Waals surface area contributed by atoms with Gasteiger partial charge < -0.3 is 14.8 Å². The van der Waals surface area contributed by atoms with Crippen LogP contribution in [0.15, 0.2) is 24.3 Å². The third-order valence-corrected chi connectivity index (χ3v) is 2.87. The quantitative estimate of drug-likeness (QED) is 0.817. The lowest BCUT2D eigenvalue weighted by molar-refractivity contribution is -0.129. The first kappa shape index (κ1) is 15.2. The summed E-state index contributed by atoms with van der Waals surface area (Å²) in [6.07, 6.45) is 0.913. The smallest absolute Gasteiger partial charge is 0.387 e. The van der Waals surface area contributed by atoms with Crippen molar-refractivity contribution in [1.82, 2.24) is 5.32 Å². The highest BCUT2D eigenvalue weighted by Crippen LogP contribution is 2.19. The molecular weight excluding hydrogens is 284 g/mol. The van der Waals surface area contributed by atoms with Gasteiger partial charge in [0.1, 0.15) is 5.75 Å². The molecule has 1 atom stereocenters. The first-order valence-electron chi connectivity index (χ1n) is 6.52. The van der Waals surface area contributed by atoms with Crippen LogP contribution in [0.1, 0.15) is 30.1 Å². The Kier molecular flexibility index (Phi) is 4.72. The van der Waals surface area contributed by atoms with Gasteiger partial charge in [-0.2, -0.15) is 8.78 Å². The molecule has 0 aliphatic heterocycles. The number of nitrogens with one attached hydrogen (secondary N) is 1. The molecule has 0 saturated heterocycles. The van der Waals surface area contributed by atoms with Gasteiger partial charge in [0, 0.05) is 6.04 Å². The van der Waals surface area contributed by atoms with Crippen molar-refractivity contribution in [2.75, 3.05) is 0 Å². The molecule has 7 heteroatoms. The molecule has 1 fully saturated rings. The zero-order chi connectivity index (χ0) is 15.4. The molecule has 0 radical (unpaired) electrons. The van der Waals surface area contributed by atoms with Crippen LogP contribution in [0.5, 0.6) is 5.75 Å². The summed E-state index contributed by atoms with van der Waals surface area (Å²) >= 11 is 0. The second kappa shape index (κ2) is 6.51. The Hall–Kier alpha value is -2.18.